The molecule has 0 aliphatic carbocycles. The zero-order valence-corrected chi connectivity index (χ0v) is 16.7. The molecule has 0 saturated heterocycles. The number of hydrogen-bond acceptors (Lipinski definition) is 4. The summed E-state index contributed by atoms with van der Waals surface area (Å²) in [7, 11) is 0. The molecule has 4 rings (SSSR count). The number of benzene rings is 3. The molecule has 0 spiro atoms. The number of rotatable bonds is 8. The van der Waals surface area contributed by atoms with Crippen LogP contribution in [-0.4, -0.2) is 29.4 Å². The Morgan fingerprint density at radius 2 is 1.73 bits per heavy atom. The molecule has 2 N–H and O–H groups in total. The molecule has 0 radical (unpaired) electrons. The summed E-state index contributed by atoms with van der Waals surface area (Å²) in [5.41, 5.74) is 4.15. The zero-order chi connectivity index (χ0) is 20.8. The van der Waals surface area contributed by atoms with Crippen LogP contribution in [0.1, 0.15) is 18.1 Å². The van der Waals surface area contributed by atoms with Gasteiger partial charge in [0.2, 0.25) is 0 Å². The number of nitrogens with zero attached hydrogens (tertiary/aromatic N) is 1. The van der Waals surface area contributed by atoms with E-state index in [1.807, 2.05) is 61.5 Å². The lowest BCUT2D eigenvalue weighted by Crippen LogP contribution is -2.04. The summed E-state index contributed by atoms with van der Waals surface area (Å²) in [6.45, 7) is 3.07. The van der Waals surface area contributed by atoms with E-state index in [0.717, 1.165) is 34.5 Å². The van der Waals surface area contributed by atoms with Gasteiger partial charge in [0, 0.05) is 12.6 Å². The normalized spacial score (nSPS) is 11.2. The zero-order valence-electron chi connectivity index (χ0n) is 16.7. The number of aromatic nitrogens is 2. The second-order valence-corrected chi connectivity index (χ2v) is 6.79. The van der Waals surface area contributed by atoms with E-state index in [4.69, 9.17) is 9.47 Å². The van der Waals surface area contributed by atoms with Gasteiger partial charge in [-0.1, -0.05) is 30.3 Å². The number of fused-ring (bicyclic) bond motifs is 1. The minimum atomic E-state index is -0.227. The van der Waals surface area contributed by atoms with Crippen LogP contribution in [0.5, 0.6) is 11.5 Å². The third-order valence-electron chi connectivity index (χ3n) is 4.62. The lowest BCUT2D eigenvalue weighted by molar-refractivity contribution is 0.279. The molecule has 1 heterocycles. The van der Waals surface area contributed by atoms with Crippen molar-refractivity contribution < 1.29 is 9.47 Å². The number of ether oxygens (including phenoxy) is 2. The highest BCUT2D eigenvalue weighted by atomic mass is 16.5. The van der Waals surface area contributed by atoms with E-state index in [9.17, 15) is 4.79 Å². The van der Waals surface area contributed by atoms with Crippen molar-refractivity contribution in [2.75, 3.05) is 13.2 Å². The van der Waals surface area contributed by atoms with Gasteiger partial charge in [-0.3, -0.25) is 4.99 Å². The molecule has 4 aromatic rings. The second kappa shape index (κ2) is 9.13. The molecule has 152 valence electrons. The molecule has 0 bridgehead atoms. The summed E-state index contributed by atoms with van der Waals surface area (Å²) in [5, 5.41) is 0. The maximum absolute atomic E-state index is 11.4. The third-order valence-corrected chi connectivity index (χ3v) is 4.62. The quantitative estimate of drug-likeness (QED) is 0.423. The molecule has 3 aromatic carbocycles. The molecular weight excluding hydrogens is 378 g/mol. The fourth-order valence-electron chi connectivity index (χ4n) is 3.17. The van der Waals surface area contributed by atoms with Crippen LogP contribution in [0, 0.1) is 0 Å². The minimum Gasteiger partial charge on any atom is -0.490 e. The van der Waals surface area contributed by atoms with Gasteiger partial charge in [0.25, 0.3) is 0 Å². The van der Waals surface area contributed by atoms with Crippen molar-refractivity contribution in [3.8, 4) is 11.5 Å². The van der Waals surface area contributed by atoms with Gasteiger partial charge in [-0.05, 0) is 54.4 Å². The molecule has 6 nitrogen and oxygen atoms in total. The highest BCUT2D eigenvalue weighted by Crippen LogP contribution is 2.28. The van der Waals surface area contributed by atoms with Gasteiger partial charge < -0.3 is 19.4 Å². The molecule has 30 heavy (non-hydrogen) atoms. The van der Waals surface area contributed by atoms with Crippen molar-refractivity contribution in [2.45, 2.75) is 13.3 Å². The van der Waals surface area contributed by atoms with E-state index in [2.05, 4.69) is 27.1 Å². The van der Waals surface area contributed by atoms with Crippen molar-refractivity contribution in [2.24, 2.45) is 4.99 Å². The van der Waals surface area contributed by atoms with Crippen molar-refractivity contribution in [3.05, 3.63) is 88.3 Å². The molecule has 0 aliphatic heterocycles. The Kier molecular flexibility index (Phi) is 5.94. The average Bonchev–Trinajstić information content (AvgIpc) is 3.14. The molecule has 1 aromatic heterocycles. The summed E-state index contributed by atoms with van der Waals surface area (Å²) < 4.78 is 11.7. The van der Waals surface area contributed by atoms with Crippen LogP contribution in [0.3, 0.4) is 0 Å². The van der Waals surface area contributed by atoms with Crippen LogP contribution >= 0.6 is 0 Å². The van der Waals surface area contributed by atoms with E-state index < -0.39 is 0 Å². The summed E-state index contributed by atoms with van der Waals surface area (Å²) in [4.78, 5) is 21.4. The highest BCUT2D eigenvalue weighted by Gasteiger charge is 2.06. The molecule has 0 aliphatic rings. The first-order valence-electron chi connectivity index (χ1n) is 9.91. The third kappa shape index (κ3) is 4.78. The van der Waals surface area contributed by atoms with Crippen LogP contribution in [0.2, 0.25) is 0 Å². The average molecular weight is 401 g/mol. The molecule has 6 heteroatoms. The monoisotopic (exact) mass is 401 g/mol. The smallest absolute Gasteiger partial charge is 0.323 e. The Hall–Kier alpha value is -3.80. The minimum absolute atomic E-state index is 0.227. The number of aromatic amines is 2. The first-order valence-corrected chi connectivity index (χ1v) is 9.91. The molecule has 0 unspecified atom stereocenters. The van der Waals surface area contributed by atoms with E-state index >= 15 is 0 Å². The Morgan fingerprint density at radius 1 is 0.900 bits per heavy atom. The number of aliphatic imine (C=N–C) groups is 1. The van der Waals surface area contributed by atoms with Crippen LogP contribution in [0.15, 0.2) is 76.5 Å². The Labute approximate surface area is 174 Å². The van der Waals surface area contributed by atoms with E-state index in [-0.39, 0.29) is 5.69 Å². The largest absolute Gasteiger partial charge is 0.490 e. The molecular formula is C24H23N3O3. The van der Waals surface area contributed by atoms with Crippen molar-refractivity contribution in [3.63, 3.8) is 0 Å². The lowest BCUT2D eigenvalue weighted by atomic mass is 10.2. The SMILES string of the molecule is CCOc1cc(C=Nc2ccc3[nH]c(=O)[nH]c3c2)ccc1OCCc1ccccc1. The van der Waals surface area contributed by atoms with E-state index in [1.165, 1.54) is 5.56 Å². The molecule has 0 saturated carbocycles. The van der Waals surface area contributed by atoms with Crippen molar-refractivity contribution >= 4 is 22.9 Å². The first kappa shape index (κ1) is 19.5. The lowest BCUT2D eigenvalue weighted by Gasteiger charge is -2.12. The number of imidazole rings is 1. The van der Waals surface area contributed by atoms with Gasteiger partial charge in [0.05, 0.1) is 29.9 Å². The summed E-state index contributed by atoms with van der Waals surface area (Å²) in [6.07, 6.45) is 2.60. The highest BCUT2D eigenvalue weighted by molar-refractivity contribution is 5.85. The molecule has 0 amide bonds. The van der Waals surface area contributed by atoms with Crippen LogP contribution in [-0.2, 0) is 6.42 Å². The van der Waals surface area contributed by atoms with Crippen LogP contribution in [0.4, 0.5) is 5.69 Å². The fraction of sp³-hybridized carbons (Fsp3) is 0.167. The summed E-state index contributed by atoms with van der Waals surface area (Å²) >= 11 is 0. The molecule has 0 fully saturated rings. The van der Waals surface area contributed by atoms with Crippen molar-refractivity contribution in [1.29, 1.82) is 0 Å². The van der Waals surface area contributed by atoms with Crippen LogP contribution < -0.4 is 15.2 Å². The predicted molar refractivity (Wildman–Crippen MR) is 119 cm³/mol. The Balaban J connectivity index is 1.47. The van der Waals surface area contributed by atoms with Gasteiger partial charge in [-0.25, -0.2) is 4.79 Å². The summed E-state index contributed by atoms with van der Waals surface area (Å²) in [5.74, 6) is 1.41. The predicted octanol–water partition coefficient (Wildman–Crippen LogP) is 4.63. The Morgan fingerprint density at radius 3 is 2.57 bits per heavy atom. The number of H-pyrrole nitrogens is 2. The van der Waals surface area contributed by atoms with Gasteiger partial charge in [0.15, 0.2) is 11.5 Å². The van der Waals surface area contributed by atoms with Gasteiger partial charge in [-0.2, -0.15) is 0 Å². The Bertz CT molecular complexity index is 1210. The van der Waals surface area contributed by atoms with Crippen LogP contribution in [0.25, 0.3) is 11.0 Å². The van der Waals surface area contributed by atoms with Crippen molar-refractivity contribution in [1.82, 2.24) is 9.97 Å². The number of nitrogens with one attached hydrogen (secondary N) is 2. The first-order chi connectivity index (χ1) is 14.7. The van der Waals surface area contributed by atoms with Gasteiger partial charge in [0.1, 0.15) is 0 Å². The second-order valence-electron chi connectivity index (χ2n) is 6.79. The fourth-order valence-corrected chi connectivity index (χ4v) is 3.17. The summed E-state index contributed by atoms with van der Waals surface area (Å²) in [6, 6.07) is 21.5. The maximum Gasteiger partial charge on any atom is 0.323 e. The topological polar surface area (TPSA) is 79.5 Å². The van der Waals surface area contributed by atoms with Gasteiger partial charge in [-0.15, -0.1) is 0 Å². The van der Waals surface area contributed by atoms with E-state index in [0.29, 0.717) is 19.0 Å². The standard InChI is InChI=1S/C24H23N3O3/c1-2-29-23-14-18(8-11-22(23)30-13-12-17-6-4-3-5-7-17)16-25-19-9-10-20-21(15-19)27-24(28)26-20/h3-11,14-16H,2,12-13H2,1H3,(H2,26,27,28). The maximum atomic E-state index is 11.4. The molecule has 0 atom stereocenters. The van der Waals surface area contributed by atoms with E-state index in [1.54, 1.807) is 6.21 Å². The van der Waals surface area contributed by atoms with Gasteiger partial charge >= 0.3 is 5.69 Å². The number of hydrogen-bond donors (Lipinski definition) is 2.